The molecule has 0 saturated heterocycles. The van der Waals surface area contributed by atoms with Crippen LogP contribution in [-0.2, 0) is 0 Å². The van der Waals surface area contributed by atoms with Gasteiger partial charge >= 0.3 is 0 Å². The second kappa shape index (κ2) is 6.49. The zero-order chi connectivity index (χ0) is 11.3. The van der Waals surface area contributed by atoms with Gasteiger partial charge in [-0.05, 0) is 37.1 Å². The van der Waals surface area contributed by atoms with Gasteiger partial charge in [-0.3, -0.25) is 0 Å². The Morgan fingerprint density at radius 2 is 1.60 bits per heavy atom. The molecular formula is C13H28N2. The van der Waals surface area contributed by atoms with Gasteiger partial charge in [0.25, 0.3) is 0 Å². The lowest BCUT2D eigenvalue weighted by Gasteiger charge is -2.25. The number of hydrogen-bond donors (Lipinski definition) is 2. The van der Waals surface area contributed by atoms with Crippen LogP contribution in [0.15, 0.2) is 0 Å². The summed E-state index contributed by atoms with van der Waals surface area (Å²) in [5.74, 6) is 2.38. The Labute approximate surface area is 95.2 Å². The maximum atomic E-state index is 3.57. The van der Waals surface area contributed by atoms with E-state index in [1.165, 1.54) is 19.4 Å². The molecular weight excluding hydrogens is 184 g/mol. The van der Waals surface area contributed by atoms with Crippen LogP contribution in [0, 0.1) is 17.8 Å². The Kier molecular flexibility index (Phi) is 5.62. The highest BCUT2D eigenvalue weighted by atomic mass is 15.0. The van der Waals surface area contributed by atoms with E-state index in [9.17, 15) is 0 Å². The highest BCUT2D eigenvalue weighted by molar-refractivity contribution is 4.80. The Balaban J connectivity index is 1.99. The lowest BCUT2D eigenvalue weighted by Crippen LogP contribution is -2.34. The van der Waals surface area contributed by atoms with Crippen LogP contribution in [0.4, 0.5) is 0 Å². The zero-order valence-corrected chi connectivity index (χ0v) is 10.8. The number of nitrogens with one attached hydrogen (secondary N) is 2. The summed E-state index contributed by atoms with van der Waals surface area (Å²) >= 11 is 0. The van der Waals surface area contributed by atoms with Gasteiger partial charge in [0, 0.05) is 19.1 Å². The maximum absolute atomic E-state index is 3.57. The van der Waals surface area contributed by atoms with Crippen LogP contribution in [0.3, 0.4) is 0 Å². The smallest absolute Gasteiger partial charge is 0.00793 e. The summed E-state index contributed by atoms with van der Waals surface area (Å²) < 4.78 is 0. The van der Waals surface area contributed by atoms with E-state index in [1.54, 1.807) is 0 Å². The molecule has 0 unspecified atom stereocenters. The van der Waals surface area contributed by atoms with Crippen LogP contribution in [0.25, 0.3) is 0 Å². The molecule has 2 nitrogen and oxygen atoms in total. The summed E-state index contributed by atoms with van der Waals surface area (Å²) in [6.07, 6.45) is 2.78. The van der Waals surface area contributed by atoms with Crippen molar-refractivity contribution in [3.8, 4) is 0 Å². The lowest BCUT2D eigenvalue weighted by molar-refractivity contribution is 0.276. The quantitative estimate of drug-likeness (QED) is 0.603. The van der Waals surface area contributed by atoms with Crippen molar-refractivity contribution < 1.29 is 0 Å². The van der Waals surface area contributed by atoms with E-state index >= 15 is 0 Å². The van der Waals surface area contributed by atoms with Gasteiger partial charge < -0.3 is 10.6 Å². The molecule has 0 bridgehead atoms. The summed E-state index contributed by atoms with van der Waals surface area (Å²) in [5, 5.41) is 7.10. The van der Waals surface area contributed by atoms with Crippen molar-refractivity contribution in [1.29, 1.82) is 0 Å². The first-order chi connectivity index (χ1) is 7.11. The average molecular weight is 212 g/mol. The summed E-state index contributed by atoms with van der Waals surface area (Å²) in [7, 11) is 0. The Hall–Kier alpha value is -0.0800. The van der Waals surface area contributed by atoms with E-state index in [-0.39, 0.29) is 0 Å². The fourth-order valence-corrected chi connectivity index (χ4v) is 2.16. The molecule has 0 aromatic rings. The predicted octanol–water partition coefficient (Wildman–Crippen LogP) is 2.26. The molecule has 15 heavy (non-hydrogen) atoms. The fourth-order valence-electron chi connectivity index (χ4n) is 2.16. The van der Waals surface area contributed by atoms with E-state index in [2.05, 4.69) is 38.3 Å². The van der Waals surface area contributed by atoms with Crippen molar-refractivity contribution in [1.82, 2.24) is 10.6 Å². The summed E-state index contributed by atoms with van der Waals surface area (Å²) in [5.41, 5.74) is 0. The Morgan fingerprint density at radius 3 is 2.07 bits per heavy atom. The van der Waals surface area contributed by atoms with E-state index < -0.39 is 0 Å². The highest BCUT2D eigenvalue weighted by Gasteiger charge is 2.20. The molecule has 0 amide bonds. The molecule has 0 radical (unpaired) electrons. The fraction of sp³-hybridized carbons (Fsp3) is 1.00. The molecule has 1 fully saturated rings. The summed E-state index contributed by atoms with van der Waals surface area (Å²) in [6.45, 7) is 12.7. The van der Waals surface area contributed by atoms with E-state index in [4.69, 9.17) is 0 Å². The molecule has 2 heteroatoms. The molecule has 0 aromatic heterocycles. The van der Waals surface area contributed by atoms with Gasteiger partial charge in [-0.25, -0.2) is 0 Å². The van der Waals surface area contributed by atoms with Crippen LogP contribution < -0.4 is 10.6 Å². The monoisotopic (exact) mass is 212 g/mol. The number of hydrogen-bond acceptors (Lipinski definition) is 2. The summed E-state index contributed by atoms with van der Waals surface area (Å²) in [6, 6.07) is 0.845. The first-order valence-electron chi connectivity index (χ1n) is 6.55. The van der Waals surface area contributed by atoms with E-state index in [1.807, 2.05) is 0 Å². The third kappa shape index (κ3) is 5.53. The normalized spacial score (nSPS) is 17.0. The van der Waals surface area contributed by atoms with Crippen molar-refractivity contribution in [2.75, 3.05) is 19.6 Å². The minimum absolute atomic E-state index is 0.786. The van der Waals surface area contributed by atoms with Crippen LogP contribution >= 0.6 is 0 Å². The van der Waals surface area contributed by atoms with Crippen LogP contribution in [0.5, 0.6) is 0 Å². The third-order valence-electron chi connectivity index (χ3n) is 3.40. The lowest BCUT2D eigenvalue weighted by atomic mass is 9.85. The maximum Gasteiger partial charge on any atom is 0.00793 e. The standard InChI is InChI=1S/C13H28N2/c1-10(2)13(11(3)4)9-14-7-8-15-12-5-6-12/h10-15H,5-9H2,1-4H3. The Bertz CT molecular complexity index is 154. The molecule has 0 heterocycles. The van der Waals surface area contributed by atoms with Gasteiger partial charge in [-0.1, -0.05) is 27.7 Å². The third-order valence-corrected chi connectivity index (χ3v) is 3.40. The van der Waals surface area contributed by atoms with Crippen molar-refractivity contribution in [2.45, 2.75) is 46.6 Å². The van der Waals surface area contributed by atoms with Gasteiger partial charge in [0.05, 0.1) is 0 Å². The number of rotatable bonds is 8. The van der Waals surface area contributed by atoms with E-state index in [0.717, 1.165) is 36.9 Å². The second-order valence-electron chi connectivity index (χ2n) is 5.58. The summed E-state index contributed by atoms with van der Waals surface area (Å²) in [4.78, 5) is 0. The predicted molar refractivity (Wildman–Crippen MR) is 67.1 cm³/mol. The largest absolute Gasteiger partial charge is 0.315 e. The van der Waals surface area contributed by atoms with Crippen LogP contribution in [0.1, 0.15) is 40.5 Å². The van der Waals surface area contributed by atoms with Crippen LogP contribution in [0.2, 0.25) is 0 Å². The molecule has 0 aromatic carbocycles. The molecule has 1 aliphatic carbocycles. The Morgan fingerprint density at radius 1 is 1.00 bits per heavy atom. The zero-order valence-electron chi connectivity index (χ0n) is 10.8. The molecule has 0 aliphatic heterocycles. The van der Waals surface area contributed by atoms with Gasteiger partial charge in [0.1, 0.15) is 0 Å². The first kappa shape index (κ1) is 13.0. The topological polar surface area (TPSA) is 24.1 Å². The first-order valence-corrected chi connectivity index (χ1v) is 6.55. The second-order valence-corrected chi connectivity index (χ2v) is 5.58. The van der Waals surface area contributed by atoms with Gasteiger partial charge in [0.15, 0.2) is 0 Å². The van der Waals surface area contributed by atoms with Crippen molar-refractivity contribution >= 4 is 0 Å². The molecule has 90 valence electrons. The van der Waals surface area contributed by atoms with Crippen LogP contribution in [-0.4, -0.2) is 25.7 Å². The molecule has 0 atom stereocenters. The minimum Gasteiger partial charge on any atom is -0.315 e. The molecule has 0 spiro atoms. The van der Waals surface area contributed by atoms with Crippen molar-refractivity contribution in [2.24, 2.45) is 17.8 Å². The highest BCUT2D eigenvalue weighted by Crippen LogP contribution is 2.19. The van der Waals surface area contributed by atoms with Gasteiger partial charge in [-0.2, -0.15) is 0 Å². The average Bonchev–Trinajstić information content (AvgIpc) is 2.93. The van der Waals surface area contributed by atoms with Gasteiger partial charge in [-0.15, -0.1) is 0 Å². The SMILES string of the molecule is CC(C)C(CNCCNC1CC1)C(C)C. The van der Waals surface area contributed by atoms with Gasteiger partial charge in [0.2, 0.25) is 0 Å². The minimum atomic E-state index is 0.786. The molecule has 2 N–H and O–H groups in total. The molecule has 1 aliphatic rings. The van der Waals surface area contributed by atoms with Crippen molar-refractivity contribution in [3.05, 3.63) is 0 Å². The molecule has 1 saturated carbocycles. The van der Waals surface area contributed by atoms with E-state index in [0.29, 0.717) is 0 Å². The van der Waals surface area contributed by atoms with Crippen molar-refractivity contribution in [3.63, 3.8) is 0 Å². The molecule has 1 rings (SSSR count).